The van der Waals surface area contributed by atoms with E-state index in [2.05, 4.69) is 15.5 Å². The quantitative estimate of drug-likeness (QED) is 0.868. The molecule has 3 rings (SSSR count). The molecule has 6 nitrogen and oxygen atoms in total. The highest BCUT2D eigenvalue weighted by Gasteiger charge is 2.31. The molecule has 1 aromatic heterocycles. The summed E-state index contributed by atoms with van der Waals surface area (Å²) in [6, 6.07) is 11.6. The molecule has 2 N–H and O–H groups in total. The number of carbonyl (C=O) groups excluding carboxylic acids is 2. The second-order valence-corrected chi connectivity index (χ2v) is 6.26. The average molecular weight is 341 g/mol. The summed E-state index contributed by atoms with van der Waals surface area (Å²) >= 11 is 0. The van der Waals surface area contributed by atoms with Gasteiger partial charge in [-0.1, -0.05) is 24.3 Å². The molecule has 1 aliphatic rings. The van der Waals surface area contributed by atoms with E-state index in [0.29, 0.717) is 13.1 Å². The third kappa shape index (κ3) is 4.09. The van der Waals surface area contributed by atoms with Crippen LogP contribution in [0.15, 0.2) is 40.8 Å². The molecule has 1 saturated heterocycles. The summed E-state index contributed by atoms with van der Waals surface area (Å²) in [5, 5.41) is 5.43. The molecular formula is C19H23N3O3. The van der Waals surface area contributed by atoms with E-state index < -0.39 is 6.04 Å². The second kappa shape index (κ2) is 7.53. The summed E-state index contributed by atoms with van der Waals surface area (Å²) in [7, 11) is 1.59. The van der Waals surface area contributed by atoms with Gasteiger partial charge in [-0.3, -0.25) is 14.5 Å². The maximum absolute atomic E-state index is 12.1. The van der Waals surface area contributed by atoms with Crippen LogP contribution in [0, 0.1) is 6.92 Å². The van der Waals surface area contributed by atoms with Crippen LogP contribution in [0.1, 0.15) is 17.7 Å². The van der Waals surface area contributed by atoms with E-state index in [9.17, 15) is 9.59 Å². The Kier molecular flexibility index (Phi) is 5.19. The summed E-state index contributed by atoms with van der Waals surface area (Å²) in [5.41, 5.74) is 2.12. The monoisotopic (exact) mass is 341 g/mol. The normalized spacial score (nSPS) is 18.0. The zero-order chi connectivity index (χ0) is 17.8. The van der Waals surface area contributed by atoms with Crippen molar-refractivity contribution in [2.24, 2.45) is 0 Å². The Morgan fingerprint density at radius 2 is 2.04 bits per heavy atom. The third-order valence-electron chi connectivity index (χ3n) is 4.46. The Morgan fingerprint density at radius 1 is 1.28 bits per heavy atom. The highest BCUT2D eigenvalue weighted by atomic mass is 16.3. The molecule has 1 atom stereocenters. The number of carbonyl (C=O) groups is 2. The minimum Gasteiger partial charge on any atom is -0.461 e. The van der Waals surface area contributed by atoms with Gasteiger partial charge in [0.1, 0.15) is 11.5 Å². The van der Waals surface area contributed by atoms with Gasteiger partial charge in [0.05, 0.1) is 12.5 Å². The largest absolute Gasteiger partial charge is 0.461 e. The zero-order valence-electron chi connectivity index (χ0n) is 14.5. The van der Waals surface area contributed by atoms with Crippen molar-refractivity contribution in [1.29, 1.82) is 0 Å². The highest BCUT2D eigenvalue weighted by molar-refractivity contribution is 5.88. The SMILES string of the molecule is CNC(=O)C[C@@H]1C(=O)NCCN1Cc1ccc(-c2ccc(C)o2)cc1. The standard InChI is InChI=1S/C19H23N3O3/c1-13-3-8-17(25-13)15-6-4-14(5-7-15)12-22-10-9-21-19(24)16(22)11-18(23)20-2/h3-8,16H,9-12H2,1-2H3,(H,20,23)(H,21,24)/t16-/m1/s1. The van der Waals surface area contributed by atoms with Crippen LogP contribution in [0.25, 0.3) is 11.3 Å². The van der Waals surface area contributed by atoms with E-state index >= 15 is 0 Å². The van der Waals surface area contributed by atoms with Crippen LogP contribution in [0.2, 0.25) is 0 Å². The predicted molar refractivity (Wildman–Crippen MR) is 94.8 cm³/mol. The Balaban J connectivity index is 1.71. The molecular weight excluding hydrogens is 318 g/mol. The van der Waals surface area contributed by atoms with E-state index in [0.717, 1.165) is 29.2 Å². The number of aryl methyl sites for hydroxylation is 1. The molecule has 6 heteroatoms. The van der Waals surface area contributed by atoms with E-state index in [1.54, 1.807) is 7.05 Å². The van der Waals surface area contributed by atoms with Gasteiger partial charge in [0.2, 0.25) is 11.8 Å². The van der Waals surface area contributed by atoms with Gasteiger partial charge in [0, 0.05) is 32.2 Å². The van der Waals surface area contributed by atoms with Crippen LogP contribution < -0.4 is 10.6 Å². The molecule has 0 spiro atoms. The van der Waals surface area contributed by atoms with Gasteiger partial charge >= 0.3 is 0 Å². The van der Waals surface area contributed by atoms with Crippen molar-refractivity contribution < 1.29 is 14.0 Å². The maximum Gasteiger partial charge on any atom is 0.237 e. The van der Waals surface area contributed by atoms with Crippen molar-refractivity contribution >= 4 is 11.8 Å². The lowest BCUT2D eigenvalue weighted by Crippen LogP contribution is -2.55. The molecule has 0 bridgehead atoms. The second-order valence-electron chi connectivity index (χ2n) is 6.26. The first-order valence-corrected chi connectivity index (χ1v) is 8.45. The van der Waals surface area contributed by atoms with E-state index in [4.69, 9.17) is 4.42 Å². The lowest BCUT2D eigenvalue weighted by molar-refractivity contribution is -0.134. The molecule has 0 radical (unpaired) electrons. The molecule has 1 aromatic carbocycles. The van der Waals surface area contributed by atoms with Crippen molar-refractivity contribution in [3.05, 3.63) is 47.7 Å². The van der Waals surface area contributed by atoms with Crippen molar-refractivity contribution in [2.45, 2.75) is 25.9 Å². The number of furan rings is 1. The van der Waals surface area contributed by atoms with Gasteiger partial charge in [0.25, 0.3) is 0 Å². The molecule has 0 aliphatic carbocycles. The number of nitrogens with zero attached hydrogens (tertiary/aromatic N) is 1. The Bertz CT molecular complexity index is 752. The predicted octanol–water partition coefficient (Wildman–Crippen LogP) is 1.69. The van der Waals surface area contributed by atoms with Crippen LogP contribution in [0.4, 0.5) is 0 Å². The van der Waals surface area contributed by atoms with Gasteiger partial charge in [-0.05, 0) is 24.6 Å². The number of piperazine rings is 1. The van der Waals surface area contributed by atoms with Gasteiger partial charge < -0.3 is 15.1 Å². The highest BCUT2D eigenvalue weighted by Crippen LogP contribution is 2.23. The molecule has 1 fully saturated rings. The molecule has 25 heavy (non-hydrogen) atoms. The average Bonchev–Trinajstić information content (AvgIpc) is 3.05. The Labute approximate surface area is 147 Å². The van der Waals surface area contributed by atoms with Crippen LogP contribution >= 0.6 is 0 Å². The fourth-order valence-electron chi connectivity index (χ4n) is 3.05. The summed E-state index contributed by atoms with van der Waals surface area (Å²) in [6.07, 6.45) is 0.173. The molecule has 2 aromatic rings. The van der Waals surface area contributed by atoms with Crippen molar-refractivity contribution in [2.75, 3.05) is 20.1 Å². The summed E-state index contributed by atoms with van der Waals surface area (Å²) in [6.45, 7) is 3.89. The minimum atomic E-state index is -0.430. The Hall–Kier alpha value is -2.60. The zero-order valence-corrected chi connectivity index (χ0v) is 14.5. The molecule has 132 valence electrons. The van der Waals surface area contributed by atoms with Crippen LogP contribution in [-0.2, 0) is 16.1 Å². The molecule has 1 aliphatic heterocycles. The number of hydrogen-bond donors (Lipinski definition) is 2. The lowest BCUT2D eigenvalue weighted by Gasteiger charge is -2.34. The van der Waals surface area contributed by atoms with Crippen molar-refractivity contribution in [3.63, 3.8) is 0 Å². The minimum absolute atomic E-state index is 0.0856. The Morgan fingerprint density at radius 3 is 2.68 bits per heavy atom. The van der Waals surface area contributed by atoms with E-state index in [1.807, 2.05) is 43.3 Å². The van der Waals surface area contributed by atoms with E-state index in [1.165, 1.54) is 0 Å². The number of benzene rings is 1. The van der Waals surface area contributed by atoms with Crippen LogP contribution in [0.3, 0.4) is 0 Å². The first-order valence-electron chi connectivity index (χ1n) is 8.45. The fraction of sp³-hybridized carbons (Fsp3) is 0.368. The third-order valence-corrected chi connectivity index (χ3v) is 4.46. The van der Waals surface area contributed by atoms with Gasteiger partial charge in [0.15, 0.2) is 0 Å². The number of rotatable bonds is 5. The topological polar surface area (TPSA) is 74.6 Å². The van der Waals surface area contributed by atoms with Crippen LogP contribution in [0.5, 0.6) is 0 Å². The molecule has 2 heterocycles. The summed E-state index contributed by atoms with van der Waals surface area (Å²) in [4.78, 5) is 25.9. The van der Waals surface area contributed by atoms with Gasteiger partial charge in [-0.25, -0.2) is 0 Å². The summed E-state index contributed by atoms with van der Waals surface area (Å²) in [5.74, 6) is 1.52. The van der Waals surface area contributed by atoms with Crippen molar-refractivity contribution in [1.82, 2.24) is 15.5 Å². The summed E-state index contributed by atoms with van der Waals surface area (Å²) < 4.78 is 5.64. The molecule has 0 unspecified atom stereocenters. The van der Waals surface area contributed by atoms with Gasteiger partial charge in [-0.2, -0.15) is 0 Å². The number of nitrogens with one attached hydrogen (secondary N) is 2. The lowest BCUT2D eigenvalue weighted by atomic mass is 10.1. The fourth-order valence-corrected chi connectivity index (χ4v) is 3.05. The first-order chi connectivity index (χ1) is 12.1. The maximum atomic E-state index is 12.1. The van der Waals surface area contributed by atoms with Gasteiger partial charge in [-0.15, -0.1) is 0 Å². The number of hydrogen-bond acceptors (Lipinski definition) is 4. The van der Waals surface area contributed by atoms with Crippen molar-refractivity contribution in [3.8, 4) is 11.3 Å². The molecule has 2 amide bonds. The molecule has 0 saturated carbocycles. The van der Waals surface area contributed by atoms with Crippen LogP contribution in [-0.4, -0.2) is 42.9 Å². The smallest absolute Gasteiger partial charge is 0.237 e. The first kappa shape index (κ1) is 17.2. The van der Waals surface area contributed by atoms with E-state index in [-0.39, 0.29) is 18.2 Å². The number of amides is 2.